The van der Waals surface area contributed by atoms with E-state index < -0.39 is 21.6 Å². The first-order chi connectivity index (χ1) is 22.2. The van der Waals surface area contributed by atoms with Gasteiger partial charge in [0, 0.05) is 11.1 Å². The quantitative estimate of drug-likeness (QED) is 0.179. The number of fused-ring (bicyclic) bond motifs is 4. The summed E-state index contributed by atoms with van der Waals surface area (Å²) in [5.41, 5.74) is 4.80. The molecule has 0 bridgehead atoms. The number of ether oxygens (including phenoxy) is 2. The number of rotatable bonds is 6. The standard InChI is InChI=1S/C41H34O2P2/c1-29-35-25-15-27-37(44(31-17-7-3-8-18-31)32-19-9-4-10-20-32)39(35)41(42-29)40-36(30(2)43-41)26-16-28-38(40)45(33-21-11-5-12-22-33)34-23-13-6-14-24-34/h3-30H,1-2H3/t29-,30-,41?/m1/s1. The van der Waals surface area contributed by atoms with E-state index in [0.717, 1.165) is 0 Å². The van der Waals surface area contributed by atoms with Crippen molar-refractivity contribution in [2.24, 2.45) is 0 Å². The van der Waals surface area contributed by atoms with Crippen molar-refractivity contribution in [1.29, 1.82) is 0 Å². The summed E-state index contributed by atoms with van der Waals surface area (Å²) >= 11 is 0. The topological polar surface area (TPSA) is 18.5 Å². The monoisotopic (exact) mass is 620 g/mol. The highest BCUT2D eigenvalue weighted by Crippen LogP contribution is 2.58. The van der Waals surface area contributed by atoms with Crippen molar-refractivity contribution in [3.63, 3.8) is 0 Å². The highest BCUT2D eigenvalue weighted by Gasteiger charge is 2.56. The Morgan fingerprint density at radius 3 is 1.02 bits per heavy atom. The Bertz CT molecular complexity index is 1720. The molecule has 2 heterocycles. The summed E-state index contributed by atoms with van der Waals surface area (Å²) in [6.45, 7) is 4.35. The van der Waals surface area contributed by atoms with Crippen molar-refractivity contribution in [2.75, 3.05) is 0 Å². The third-order valence-corrected chi connectivity index (χ3v) is 13.9. The summed E-state index contributed by atoms with van der Waals surface area (Å²) < 4.78 is 14.4. The second-order valence-electron chi connectivity index (χ2n) is 11.6. The Morgan fingerprint density at radius 2 is 0.711 bits per heavy atom. The van der Waals surface area contributed by atoms with E-state index in [1.54, 1.807) is 0 Å². The van der Waals surface area contributed by atoms with E-state index >= 15 is 0 Å². The molecule has 0 saturated carbocycles. The molecule has 0 amide bonds. The minimum Gasteiger partial charge on any atom is -0.334 e. The van der Waals surface area contributed by atoms with E-state index in [1.165, 1.54) is 54.1 Å². The molecule has 2 aliphatic heterocycles. The van der Waals surface area contributed by atoms with Crippen molar-refractivity contribution in [1.82, 2.24) is 0 Å². The van der Waals surface area contributed by atoms with Crippen LogP contribution < -0.4 is 31.8 Å². The molecular formula is C41H34O2P2. The largest absolute Gasteiger partial charge is 0.334 e. The van der Waals surface area contributed by atoms with E-state index in [0.29, 0.717) is 0 Å². The lowest BCUT2D eigenvalue weighted by atomic mass is 9.92. The molecule has 6 aromatic rings. The van der Waals surface area contributed by atoms with Crippen LogP contribution >= 0.6 is 15.8 Å². The molecule has 1 spiro atoms. The van der Waals surface area contributed by atoms with E-state index in [9.17, 15) is 0 Å². The zero-order valence-corrected chi connectivity index (χ0v) is 27.2. The van der Waals surface area contributed by atoms with Gasteiger partial charge in [-0.3, -0.25) is 0 Å². The van der Waals surface area contributed by atoms with Crippen molar-refractivity contribution in [2.45, 2.75) is 31.8 Å². The predicted octanol–water partition coefficient (Wildman–Crippen LogP) is 7.59. The van der Waals surface area contributed by atoms with Crippen LogP contribution in [0.15, 0.2) is 158 Å². The van der Waals surface area contributed by atoms with Crippen LogP contribution in [0.4, 0.5) is 0 Å². The summed E-state index contributed by atoms with van der Waals surface area (Å²) in [5.74, 6) is -1.01. The highest BCUT2D eigenvalue weighted by molar-refractivity contribution is 7.80. The second kappa shape index (κ2) is 11.8. The van der Waals surface area contributed by atoms with E-state index in [2.05, 4.69) is 172 Å². The predicted molar refractivity (Wildman–Crippen MR) is 190 cm³/mol. The van der Waals surface area contributed by atoms with Gasteiger partial charge >= 0.3 is 0 Å². The molecule has 0 aromatic heterocycles. The summed E-state index contributed by atoms with van der Waals surface area (Å²) in [6, 6.07) is 57.3. The molecule has 0 saturated heterocycles. The fraction of sp³-hybridized carbons (Fsp3) is 0.122. The van der Waals surface area contributed by atoms with Gasteiger partial charge in [0.05, 0.1) is 12.2 Å². The van der Waals surface area contributed by atoms with Gasteiger partial charge in [0.15, 0.2) is 0 Å². The van der Waals surface area contributed by atoms with Gasteiger partial charge in [-0.05, 0) is 72.6 Å². The highest BCUT2D eigenvalue weighted by atomic mass is 31.1. The molecule has 0 radical (unpaired) electrons. The van der Waals surface area contributed by atoms with Crippen LogP contribution in [0.25, 0.3) is 0 Å². The molecule has 2 nitrogen and oxygen atoms in total. The summed E-state index contributed by atoms with van der Waals surface area (Å²) in [7, 11) is -1.76. The summed E-state index contributed by atoms with van der Waals surface area (Å²) in [5, 5.41) is 7.86. The first-order valence-electron chi connectivity index (χ1n) is 15.6. The van der Waals surface area contributed by atoms with E-state index in [4.69, 9.17) is 9.47 Å². The molecule has 0 unspecified atom stereocenters. The minimum absolute atomic E-state index is 0.116. The van der Waals surface area contributed by atoms with Crippen LogP contribution in [0.5, 0.6) is 0 Å². The SMILES string of the molecule is C[C@H]1OC2(O[C@H](C)c3cccc(P(c4ccccc4)c4ccccc4)c32)c2c1cccc2P(c1ccccc1)c1ccccc1. The molecule has 220 valence electrons. The van der Waals surface area contributed by atoms with E-state index in [-0.39, 0.29) is 12.2 Å². The van der Waals surface area contributed by atoms with E-state index in [1.807, 2.05) is 0 Å². The molecule has 2 atom stereocenters. The maximum atomic E-state index is 7.20. The first-order valence-corrected chi connectivity index (χ1v) is 18.3. The Kier molecular flexibility index (Phi) is 7.49. The maximum absolute atomic E-state index is 7.20. The van der Waals surface area contributed by atoms with Gasteiger partial charge < -0.3 is 9.47 Å². The summed E-state index contributed by atoms with van der Waals surface area (Å²) in [6.07, 6.45) is -0.233. The molecule has 4 heteroatoms. The summed E-state index contributed by atoms with van der Waals surface area (Å²) in [4.78, 5) is 0. The average Bonchev–Trinajstić information content (AvgIpc) is 3.55. The molecule has 0 N–H and O–H groups in total. The fourth-order valence-corrected chi connectivity index (χ4v) is 12.1. The average molecular weight is 621 g/mol. The third-order valence-electron chi connectivity index (χ3n) is 8.91. The van der Waals surface area contributed by atoms with Gasteiger partial charge in [-0.25, -0.2) is 0 Å². The molecule has 8 rings (SSSR count). The molecule has 0 aliphatic carbocycles. The Hall–Kier alpha value is -3.90. The number of benzene rings is 6. The van der Waals surface area contributed by atoms with Crippen LogP contribution in [0.2, 0.25) is 0 Å². The Labute approximate surface area is 268 Å². The first kappa shape index (κ1) is 28.6. The number of hydrogen-bond donors (Lipinski definition) is 0. The van der Waals surface area contributed by atoms with Crippen LogP contribution in [0.1, 0.15) is 48.3 Å². The lowest BCUT2D eigenvalue weighted by molar-refractivity contribution is -0.228. The van der Waals surface area contributed by atoms with Crippen LogP contribution in [-0.2, 0) is 15.3 Å². The van der Waals surface area contributed by atoms with Crippen LogP contribution in [-0.4, -0.2) is 0 Å². The van der Waals surface area contributed by atoms with Gasteiger partial charge in [-0.15, -0.1) is 0 Å². The lowest BCUT2D eigenvalue weighted by Crippen LogP contribution is -2.38. The van der Waals surface area contributed by atoms with Crippen molar-refractivity contribution in [3.8, 4) is 0 Å². The Balaban J connectivity index is 1.41. The van der Waals surface area contributed by atoms with Gasteiger partial charge in [0.25, 0.3) is 0 Å². The van der Waals surface area contributed by atoms with Gasteiger partial charge in [-0.1, -0.05) is 158 Å². The van der Waals surface area contributed by atoms with Crippen molar-refractivity contribution >= 4 is 47.7 Å². The molecule has 2 aliphatic rings. The van der Waals surface area contributed by atoms with Crippen molar-refractivity contribution in [3.05, 3.63) is 180 Å². The van der Waals surface area contributed by atoms with Gasteiger partial charge in [0.1, 0.15) is 0 Å². The van der Waals surface area contributed by atoms with Gasteiger partial charge in [-0.2, -0.15) is 0 Å². The van der Waals surface area contributed by atoms with Crippen molar-refractivity contribution < 1.29 is 9.47 Å². The normalized spacial score (nSPS) is 18.0. The molecular weight excluding hydrogens is 586 g/mol. The molecule has 6 aromatic carbocycles. The maximum Gasteiger partial charge on any atom is 0.225 e. The smallest absolute Gasteiger partial charge is 0.225 e. The molecule has 45 heavy (non-hydrogen) atoms. The third kappa shape index (κ3) is 4.80. The lowest BCUT2D eigenvalue weighted by Gasteiger charge is -2.33. The second-order valence-corrected chi connectivity index (χ2v) is 16.0. The van der Waals surface area contributed by atoms with Crippen LogP contribution in [0.3, 0.4) is 0 Å². The van der Waals surface area contributed by atoms with Gasteiger partial charge in [0.2, 0.25) is 5.79 Å². The minimum atomic E-state index is -1.01. The zero-order chi connectivity index (χ0) is 30.4. The Morgan fingerprint density at radius 1 is 0.400 bits per heavy atom. The fourth-order valence-electron chi connectivity index (χ4n) is 7.06. The number of hydrogen-bond acceptors (Lipinski definition) is 2. The van der Waals surface area contributed by atoms with Crippen LogP contribution in [0, 0.1) is 0 Å². The molecule has 0 fully saturated rings. The zero-order valence-electron chi connectivity index (χ0n) is 25.4.